The molecule has 0 saturated carbocycles. The van der Waals surface area contributed by atoms with E-state index in [1.165, 1.54) is 6.20 Å². The second kappa shape index (κ2) is 4.45. The molecule has 3 N–H and O–H groups in total. The number of nitrogens with one attached hydrogen (secondary N) is 1. The third-order valence-corrected chi connectivity index (χ3v) is 1.43. The lowest BCUT2D eigenvalue weighted by molar-refractivity contribution is 0.130. The van der Waals surface area contributed by atoms with E-state index in [1.54, 1.807) is 26.1 Å². The van der Waals surface area contributed by atoms with Gasteiger partial charge in [-0.05, 0) is 19.9 Å². The monoisotopic (exact) mass is 195 g/mol. The molecule has 0 bridgehead atoms. The maximum absolute atomic E-state index is 11.2. The molecular formula is C9H13N3O2. The van der Waals surface area contributed by atoms with Crippen molar-refractivity contribution in [3.63, 3.8) is 0 Å². The molecule has 0 aliphatic rings. The van der Waals surface area contributed by atoms with E-state index in [9.17, 15) is 4.79 Å². The molecule has 5 heteroatoms. The fourth-order valence-electron chi connectivity index (χ4n) is 0.874. The normalized spacial score (nSPS) is 9.93. The highest BCUT2D eigenvalue weighted by Crippen LogP contribution is 2.15. The van der Waals surface area contributed by atoms with E-state index in [4.69, 9.17) is 10.5 Å². The van der Waals surface area contributed by atoms with Crippen LogP contribution in [0.2, 0.25) is 0 Å². The Balaban J connectivity index is 2.61. The number of carbonyl (C=O) groups excluding carboxylic acids is 1. The number of nitrogens with two attached hydrogens (primary N) is 1. The number of rotatable bonds is 2. The van der Waals surface area contributed by atoms with Crippen LogP contribution in [-0.2, 0) is 4.74 Å². The van der Waals surface area contributed by atoms with Crippen molar-refractivity contribution in [1.29, 1.82) is 0 Å². The van der Waals surface area contributed by atoms with Crippen LogP contribution in [0.15, 0.2) is 18.5 Å². The van der Waals surface area contributed by atoms with Gasteiger partial charge in [0, 0.05) is 6.20 Å². The van der Waals surface area contributed by atoms with Crippen molar-refractivity contribution < 1.29 is 9.53 Å². The molecule has 0 unspecified atom stereocenters. The number of amides is 1. The van der Waals surface area contributed by atoms with E-state index in [1.807, 2.05) is 0 Å². The molecule has 0 aliphatic heterocycles. The number of carbonyl (C=O) groups is 1. The Morgan fingerprint density at radius 3 is 2.93 bits per heavy atom. The summed E-state index contributed by atoms with van der Waals surface area (Å²) in [5, 5.41) is 2.52. The summed E-state index contributed by atoms with van der Waals surface area (Å²) in [4.78, 5) is 15.0. The average molecular weight is 195 g/mol. The number of nitrogens with zero attached hydrogens (tertiary/aromatic N) is 1. The summed E-state index contributed by atoms with van der Waals surface area (Å²) in [7, 11) is 0. The third kappa shape index (κ3) is 2.93. The quantitative estimate of drug-likeness (QED) is 0.751. The molecule has 76 valence electrons. The van der Waals surface area contributed by atoms with Gasteiger partial charge >= 0.3 is 6.09 Å². The van der Waals surface area contributed by atoms with Gasteiger partial charge in [-0.3, -0.25) is 10.3 Å². The molecule has 0 saturated heterocycles. The van der Waals surface area contributed by atoms with Gasteiger partial charge in [-0.2, -0.15) is 0 Å². The molecule has 0 aliphatic carbocycles. The summed E-state index contributed by atoms with van der Waals surface area (Å²) >= 11 is 0. The van der Waals surface area contributed by atoms with Crippen LogP contribution in [0.3, 0.4) is 0 Å². The molecule has 5 nitrogen and oxygen atoms in total. The first-order chi connectivity index (χ1) is 6.59. The van der Waals surface area contributed by atoms with Gasteiger partial charge in [0.2, 0.25) is 0 Å². The highest BCUT2D eigenvalue weighted by Gasteiger charge is 2.06. The predicted octanol–water partition coefficient (Wildman–Crippen LogP) is 1.62. The maximum atomic E-state index is 11.2. The fourth-order valence-corrected chi connectivity index (χ4v) is 0.874. The molecule has 1 amide bonds. The van der Waals surface area contributed by atoms with Crippen molar-refractivity contribution in [1.82, 2.24) is 4.98 Å². The first-order valence-corrected chi connectivity index (χ1v) is 4.26. The molecule has 0 atom stereocenters. The minimum absolute atomic E-state index is 0.155. The van der Waals surface area contributed by atoms with Gasteiger partial charge in [0.1, 0.15) is 0 Å². The average Bonchev–Trinajstić information content (AvgIpc) is 2.07. The first kappa shape index (κ1) is 10.3. The largest absolute Gasteiger partial charge is 0.447 e. The van der Waals surface area contributed by atoms with Crippen LogP contribution in [0.4, 0.5) is 16.2 Å². The Kier molecular flexibility index (Phi) is 3.28. The number of pyridine rings is 1. The van der Waals surface area contributed by atoms with Crippen LogP contribution in [0.1, 0.15) is 13.8 Å². The van der Waals surface area contributed by atoms with E-state index >= 15 is 0 Å². The highest BCUT2D eigenvalue weighted by atomic mass is 16.6. The zero-order valence-corrected chi connectivity index (χ0v) is 8.15. The van der Waals surface area contributed by atoms with E-state index in [2.05, 4.69) is 10.3 Å². The second-order valence-electron chi connectivity index (χ2n) is 3.04. The lowest BCUT2D eigenvalue weighted by Gasteiger charge is -2.10. The SMILES string of the molecule is CC(C)OC(=O)Nc1ccncc1N. The van der Waals surface area contributed by atoms with Gasteiger partial charge in [0.15, 0.2) is 0 Å². The summed E-state index contributed by atoms with van der Waals surface area (Å²) in [5.41, 5.74) is 6.48. The van der Waals surface area contributed by atoms with Crippen molar-refractivity contribution in [3.05, 3.63) is 18.5 Å². The van der Waals surface area contributed by atoms with Gasteiger partial charge in [-0.15, -0.1) is 0 Å². The molecule has 0 radical (unpaired) electrons. The molecule has 1 aromatic rings. The first-order valence-electron chi connectivity index (χ1n) is 4.26. The second-order valence-corrected chi connectivity index (χ2v) is 3.04. The van der Waals surface area contributed by atoms with E-state index in [0.717, 1.165) is 0 Å². The van der Waals surface area contributed by atoms with Crippen molar-refractivity contribution in [2.75, 3.05) is 11.1 Å². The van der Waals surface area contributed by atoms with Gasteiger partial charge < -0.3 is 10.5 Å². The van der Waals surface area contributed by atoms with Gasteiger partial charge in [-0.25, -0.2) is 4.79 Å². The Labute approximate surface area is 82.3 Å². The van der Waals surface area contributed by atoms with E-state index in [-0.39, 0.29) is 6.10 Å². The third-order valence-electron chi connectivity index (χ3n) is 1.43. The Hall–Kier alpha value is -1.78. The summed E-state index contributed by atoms with van der Waals surface area (Å²) in [5.74, 6) is 0. The Morgan fingerprint density at radius 2 is 2.36 bits per heavy atom. The number of hydrogen-bond acceptors (Lipinski definition) is 4. The topological polar surface area (TPSA) is 77.2 Å². The lowest BCUT2D eigenvalue weighted by atomic mass is 10.3. The van der Waals surface area contributed by atoms with Gasteiger partial charge in [0.05, 0.1) is 23.7 Å². The molecule has 1 rings (SSSR count). The summed E-state index contributed by atoms with van der Waals surface area (Å²) in [6.07, 6.45) is 2.34. The van der Waals surface area contributed by atoms with Crippen LogP contribution in [0, 0.1) is 0 Å². The predicted molar refractivity (Wildman–Crippen MR) is 53.9 cm³/mol. The molecular weight excluding hydrogens is 182 g/mol. The molecule has 1 aromatic heterocycles. The smallest absolute Gasteiger partial charge is 0.411 e. The van der Waals surface area contributed by atoms with Crippen LogP contribution >= 0.6 is 0 Å². The Bertz CT molecular complexity index is 326. The molecule has 14 heavy (non-hydrogen) atoms. The summed E-state index contributed by atoms with van der Waals surface area (Å²) in [6.45, 7) is 3.55. The van der Waals surface area contributed by atoms with Gasteiger partial charge in [-0.1, -0.05) is 0 Å². The van der Waals surface area contributed by atoms with Crippen molar-refractivity contribution >= 4 is 17.5 Å². The zero-order valence-electron chi connectivity index (χ0n) is 8.15. The van der Waals surface area contributed by atoms with Crippen LogP contribution in [-0.4, -0.2) is 17.2 Å². The van der Waals surface area contributed by atoms with Crippen molar-refractivity contribution in [2.24, 2.45) is 0 Å². The van der Waals surface area contributed by atoms with Crippen molar-refractivity contribution in [3.8, 4) is 0 Å². The molecule has 0 fully saturated rings. The van der Waals surface area contributed by atoms with Gasteiger partial charge in [0.25, 0.3) is 0 Å². The fraction of sp³-hybridized carbons (Fsp3) is 0.333. The minimum Gasteiger partial charge on any atom is -0.447 e. The number of ether oxygens (including phenoxy) is 1. The van der Waals surface area contributed by atoms with Crippen LogP contribution in [0.5, 0.6) is 0 Å². The number of aromatic nitrogens is 1. The number of hydrogen-bond donors (Lipinski definition) is 2. The van der Waals surface area contributed by atoms with Crippen LogP contribution < -0.4 is 11.1 Å². The number of nitrogen functional groups attached to an aromatic ring is 1. The Morgan fingerprint density at radius 1 is 1.64 bits per heavy atom. The van der Waals surface area contributed by atoms with Crippen LogP contribution in [0.25, 0.3) is 0 Å². The standard InChI is InChI=1S/C9H13N3O2/c1-6(2)14-9(13)12-8-3-4-11-5-7(8)10/h3-6H,10H2,1-2H3,(H,11,12,13). The van der Waals surface area contributed by atoms with E-state index in [0.29, 0.717) is 11.4 Å². The lowest BCUT2D eigenvalue weighted by Crippen LogP contribution is -2.18. The van der Waals surface area contributed by atoms with E-state index < -0.39 is 6.09 Å². The molecule has 0 aromatic carbocycles. The molecule has 0 spiro atoms. The molecule has 1 heterocycles. The maximum Gasteiger partial charge on any atom is 0.411 e. The highest BCUT2D eigenvalue weighted by molar-refractivity contribution is 5.88. The zero-order chi connectivity index (χ0) is 10.6. The summed E-state index contributed by atoms with van der Waals surface area (Å²) in [6, 6.07) is 1.61. The summed E-state index contributed by atoms with van der Waals surface area (Å²) < 4.78 is 4.88. The number of anilines is 2. The minimum atomic E-state index is -0.516. The van der Waals surface area contributed by atoms with Crippen molar-refractivity contribution in [2.45, 2.75) is 20.0 Å².